The van der Waals surface area contributed by atoms with Crippen LogP contribution in [0.25, 0.3) is 0 Å². The van der Waals surface area contributed by atoms with E-state index in [1.54, 1.807) is 0 Å². The zero-order chi connectivity index (χ0) is 14.6. The number of nitrogens with one attached hydrogen (secondary N) is 2. The first kappa shape index (κ1) is 17.3. The Morgan fingerprint density at radius 2 is 1.83 bits per heavy atom. The van der Waals surface area contributed by atoms with Crippen LogP contribution in [0.3, 0.4) is 0 Å². The summed E-state index contributed by atoms with van der Waals surface area (Å²) >= 11 is 0. The molecule has 0 heterocycles. The minimum absolute atomic E-state index is 0.308. The minimum Gasteiger partial charge on any atom is -0.348 e. The van der Waals surface area contributed by atoms with E-state index in [0.717, 1.165) is 12.7 Å². The van der Waals surface area contributed by atoms with Gasteiger partial charge in [-0.1, -0.05) is 13.8 Å². The molecule has 0 rings (SSSR count). The van der Waals surface area contributed by atoms with Crippen LogP contribution in [0, 0.1) is 5.92 Å². The fourth-order valence-electron chi connectivity index (χ4n) is 1.87. The summed E-state index contributed by atoms with van der Waals surface area (Å²) in [6.07, 6.45) is 1.76. The molecule has 2 unspecified atom stereocenters. The molecule has 0 spiro atoms. The molecule has 0 aliphatic rings. The largest absolute Gasteiger partial charge is 0.348 e. The molecule has 0 aromatic rings. The van der Waals surface area contributed by atoms with Crippen LogP contribution in [0.1, 0.15) is 34.1 Å². The van der Waals surface area contributed by atoms with Gasteiger partial charge in [0.05, 0.1) is 12.3 Å². The van der Waals surface area contributed by atoms with Crippen molar-refractivity contribution in [2.45, 2.75) is 45.7 Å². The third-order valence-electron chi connectivity index (χ3n) is 2.52. The van der Waals surface area contributed by atoms with Gasteiger partial charge in [-0.2, -0.15) is 0 Å². The second-order valence-electron chi connectivity index (χ2n) is 5.46. The molecule has 0 aromatic heterocycles. The lowest BCUT2D eigenvalue weighted by atomic mass is 9.90. The molecule has 4 N–H and O–H groups in total. The number of rotatable bonds is 7. The van der Waals surface area contributed by atoms with Gasteiger partial charge in [0, 0.05) is 12.1 Å². The zero-order valence-corrected chi connectivity index (χ0v) is 12.6. The van der Waals surface area contributed by atoms with Crippen molar-refractivity contribution in [2.24, 2.45) is 11.7 Å². The maximum atomic E-state index is 11.9. The first-order valence-electron chi connectivity index (χ1n) is 5.98. The lowest BCUT2D eigenvalue weighted by Gasteiger charge is -2.32. The van der Waals surface area contributed by atoms with Crippen LogP contribution in [-0.2, 0) is 14.8 Å². The van der Waals surface area contributed by atoms with Crippen molar-refractivity contribution in [1.82, 2.24) is 10.0 Å². The molecule has 6 nitrogen and oxygen atoms in total. The number of hydrogen-bond acceptors (Lipinski definition) is 4. The average molecular weight is 279 g/mol. The highest BCUT2D eigenvalue weighted by atomic mass is 32.2. The Balaban J connectivity index is 4.61. The van der Waals surface area contributed by atoms with E-state index in [1.165, 1.54) is 6.92 Å². The summed E-state index contributed by atoms with van der Waals surface area (Å²) in [7, 11) is -3.40. The first-order valence-corrected chi connectivity index (χ1v) is 7.87. The second-order valence-corrected chi connectivity index (χ2v) is 7.24. The quantitative estimate of drug-likeness (QED) is 0.601. The van der Waals surface area contributed by atoms with E-state index in [2.05, 4.69) is 10.0 Å². The normalized spacial score (nSPS) is 17.3. The molecule has 1 amide bonds. The van der Waals surface area contributed by atoms with Gasteiger partial charge in [-0.3, -0.25) is 4.79 Å². The van der Waals surface area contributed by atoms with E-state index >= 15 is 0 Å². The fourth-order valence-corrected chi connectivity index (χ4v) is 2.62. The molecule has 7 heteroatoms. The number of nitrogens with two attached hydrogens (primary N) is 1. The van der Waals surface area contributed by atoms with E-state index in [0.29, 0.717) is 12.5 Å². The smallest absolute Gasteiger partial charge is 0.238 e. The molecule has 0 bridgehead atoms. The molecule has 0 radical (unpaired) electrons. The van der Waals surface area contributed by atoms with Gasteiger partial charge in [-0.15, -0.1) is 0 Å². The van der Waals surface area contributed by atoms with Crippen LogP contribution in [0.2, 0.25) is 0 Å². The standard InChI is InChI=1S/C11H25N3O3S/c1-8(2)6-11(4,7-12)13-10(15)9(3)14-18(5,16)17/h8-9,14H,6-7,12H2,1-5H3,(H,13,15). The SMILES string of the molecule is CC(C)CC(C)(CN)NC(=O)C(C)NS(C)(=O)=O. The van der Waals surface area contributed by atoms with Gasteiger partial charge in [0.1, 0.15) is 0 Å². The number of sulfonamides is 1. The number of hydrogen-bond donors (Lipinski definition) is 3. The van der Waals surface area contributed by atoms with Crippen LogP contribution in [0.4, 0.5) is 0 Å². The second kappa shape index (κ2) is 6.49. The first-order chi connectivity index (χ1) is 7.99. The highest BCUT2D eigenvalue weighted by molar-refractivity contribution is 7.88. The summed E-state index contributed by atoms with van der Waals surface area (Å²) in [5.74, 6) is 0.0195. The monoisotopic (exact) mass is 279 g/mol. The van der Waals surface area contributed by atoms with E-state index in [4.69, 9.17) is 5.73 Å². The summed E-state index contributed by atoms with van der Waals surface area (Å²) in [4.78, 5) is 11.9. The van der Waals surface area contributed by atoms with E-state index in [1.807, 2.05) is 20.8 Å². The predicted molar refractivity (Wildman–Crippen MR) is 72.5 cm³/mol. The van der Waals surface area contributed by atoms with Crippen LogP contribution in [-0.4, -0.2) is 38.7 Å². The highest BCUT2D eigenvalue weighted by Crippen LogP contribution is 2.15. The summed E-state index contributed by atoms with van der Waals surface area (Å²) in [5.41, 5.74) is 5.16. The molecule has 18 heavy (non-hydrogen) atoms. The summed E-state index contributed by atoms with van der Waals surface area (Å²) < 4.78 is 24.3. The maximum absolute atomic E-state index is 11.9. The molecule has 0 saturated heterocycles. The lowest BCUT2D eigenvalue weighted by molar-refractivity contribution is -0.124. The van der Waals surface area contributed by atoms with Gasteiger partial charge in [0.25, 0.3) is 0 Å². The summed E-state index contributed by atoms with van der Waals surface area (Å²) in [6.45, 7) is 7.75. The molecular weight excluding hydrogens is 254 g/mol. The van der Waals surface area contributed by atoms with Crippen molar-refractivity contribution in [3.63, 3.8) is 0 Å². The molecular formula is C11H25N3O3S. The summed E-state index contributed by atoms with van der Waals surface area (Å²) in [5, 5.41) is 2.81. The Bertz CT molecular complexity index is 381. The molecule has 0 aliphatic heterocycles. The molecule has 108 valence electrons. The van der Waals surface area contributed by atoms with Gasteiger partial charge < -0.3 is 11.1 Å². The van der Waals surface area contributed by atoms with Crippen molar-refractivity contribution < 1.29 is 13.2 Å². The van der Waals surface area contributed by atoms with E-state index < -0.39 is 21.6 Å². The lowest BCUT2D eigenvalue weighted by Crippen LogP contribution is -2.56. The van der Waals surface area contributed by atoms with Crippen molar-refractivity contribution in [1.29, 1.82) is 0 Å². The van der Waals surface area contributed by atoms with Crippen LogP contribution in [0.15, 0.2) is 0 Å². The Kier molecular flexibility index (Phi) is 6.25. The van der Waals surface area contributed by atoms with Crippen LogP contribution >= 0.6 is 0 Å². The third-order valence-corrected chi connectivity index (χ3v) is 3.30. The number of amides is 1. The topological polar surface area (TPSA) is 101 Å². The van der Waals surface area contributed by atoms with Gasteiger partial charge in [-0.05, 0) is 26.2 Å². The van der Waals surface area contributed by atoms with Crippen molar-refractivity contribution in [2.75, 3.05) is 12.8 Å². The molecule has 0 saturated carbocycles. The predicted octanol–water partition coefficient (Wildman–Crippen LogP) is -0.196. The average Bonchev–Trinajstić information content (AvgIpc) is 2.13. The van der Waals surface area contributed by atoms with E-state index in [9.17, 15) is 13.2 Å². The van der Waals surface area contributed by atoms with Crippen molar-refractivity contribution in [3.8, 4) is 0 Å². The molecule has 0 fully saturated rings. The Morgan fingerprint density at radius 3 is 2.17 bits per heavy atom. The Hall–Kier alpha value is -0.660. The third kappa shape index (κ3) is 6.93. The number of carbonyl (C=O) groups excluding carboxylic acids is 1. The zero-order valence-electron chi connectivity index (χ0n) is 11.8. The van der Waals surface area contributed by atoms with Gasteiger partial charge in [0.2, 0.25) is 15.9 Å². The van der Waals surface area contributed by atoms with E-state index in [-0.39, 0.29) is 5.91 Å². The molecule has 2 atom stereocenters. The molecule has 0 aliphatic carbocycles. The van der Waals surface area contributed by atoms with Crippen molar-refractivity contribution >= 4 is 15.9 Å². The van der Waals surface area contributed by atoms with Gasteiger partial charge in [-0.25, -0.2) is 13.1 Å². The van der Waals surface area contributed by atoms with Crippen molar-refractivity contribution in [3.05, 3.63) is 0 Å². The highest BCUT2D eigenvalue weighted by Gasteiger charge is 2.28. The molecule has 0 aromatic carbocycles. The number of carbonyl (C=O) groups is 1. The van der Waals surface area contributed by atoms with Crippen LogP contribution in [0.5, 0.6) is 0 Å². The fraction of sp³-hybridized carbons (Fsp3) is 0.909. The maximum Gasteiger partial charge on any atom is 0.238 e. The van der Waals surface area contributed by atoms with Gasteiger partial charge in [0.15, 0.2) is 0 Å². The Morgan fingerprint density at radius 1 is 1.33 bits per heavy atom. The minimum atomic E-state index is -3.40. The Labute approximate surface area is 110 Å². The van der Waals surface area contributed by atoms with Crippen LogP contribution < -0.4 is 15.8 Å². The summed E-state index contributed by atoms with van der Waals surface area (Å²) in [6, 6.07) is -0.807. The van der Waals surface area contributed by atoms with Gasteiger partial charge >= 0.3 is 0 Å².